The van der Waals surface area contributed by atoms with Gasteiger partial charge in [-0.3, -0.25) is 0 Å². The number of rotatable bonds is 2. The highest BCUT2D eigenvalue weighted by atomic mass is 14.5. The molecule has 110 valence electrons. The van der Waals surface area contributed by atoms with Crippen molar-refractivity contribution in [1.29, 1.82) is 0 Å². The molecule has 0 spiro atoms. The number of hydrogen-bond acceptors (Lipinski definition) is 0. The van der Waals surface area contributed by atoms with Crippen molar-refractivity contribution >= 4 is 0 Å². The van der Waals surface area contributed by atoms with E-state index in [0.29, 0.717) is 10.8 Å². The first kappa shape index (κ1) is 14.2. The number of hydrogen-bond donors (Lipinski definition) is 0. The van der Waals surface area contributed by atoms with Gasteiger partial charge in [0.2, 0.25) is 0 Å². The molecule has 0 heterocycles. The highest BCUT2D eigenvalue weighted by Gasteiger charge is 2.43. The van der Waals surface area contributed by atoms with Crippen LogP contribution in [0.25, 0.3) is 0 Å². The third-order valence-electron chi connectivity index (χ3n) is 6.62. The average Bonchev–Trinajstić information content (AvgIpc) is 2.58. The Bertz CT molecular complexity index is 433. The monoisotopic (exact) mass is 270 g/mol. The number of benzene rings is 1. The molecule has 0 aromatic heterocycles. The van der Waals surface area contributed by atoms with Gasteiger partial charge in [0, 0.05) is 0 Å². The number of fused-ring (bicyclic) bond motifs is 3. The maximum Gasteiger partial charge on any atom is -0.00468 e. The maximum atomic E-state index is 2.47. The lowest BCUT2D eigenvalue weighted by atomic mass is 9.64. The Kier molecular flexibility index (Phi) is 3.93. The Labute approximate surface area is 125 Å². The summed E-state index contributed by atoms with van der Waals surface area (Å²) in [5, 5.41) is 0. The predicted octanol–water partition coefficient (Wildman–Crippen LogP) is 6.10. The lowest BCUT2D eigenvalue weighted by Crippen LogP contribution is -2.31. The Morgan fingerprint density at radius 2 is 1.40 bits per heavy atom. The molecule has 1 unspecified atom stereocenters. The van der Waals surface area contributed by atoms with Gasteiger partial charge >= 0.3 is 0 Å². The zero-order valence-electron chi connectivity index (χ0n) is 13.3. The SMILES string of the molecule is CC(C)[C@@]12CCCCC(c3ccccc3)(CCC1)CC2. The van der Waals surface area contributed by atoms with Crippen LogP contribution in [-0.2, 0) is 5.41 Å². The topological polar surface area (TPSA) is 0 Å². The van der Waals surface area contributed by atoms with Crippen LogP contribution >= 0.6 is 0 Å². The minimum atomic E-state index is 0.498. The molecule has 2 saturated carbocycles. The molecule has 3 rings (SSSR count). The van der Waals surface area contributed by atoms with Gasteiger partial charge in [-0.1, -0.05) is 63.4 Å². The van der Waals surface area contributed by atoms with Crippen LogP contribution in [0.3, 0.4) is 0 Å². The van der Waals surface area contributed by atoms with Crippen LogP contribution in [0.5, 0.6) is 0 Å². The van der Waals surface area contributed by atoms with E-state index < -0.39 is 0 Å². The quantitative estimate of drug-likeness (QED) is 0.608. The van der Waals surface area contributed by atoms with Crippen molar-refractivity contribution in [3.8, 4) is 0 Å². The van der Waals surface area contributed by atoms with E-state index in [0.717, 1.165) is 5.92 Å². The zero-order valence-corrected chi connectivity index (χ0v) is 13.3. The van der Waals surface area contributed by atoms with Crippen molar-refractivity contribution in [1.82, 2.24) is 0 Å². The fraction of sp³-hybridized carbons (Fsp3) is 0.700. The van der Waals surface area contributed by atoms with E-state index in [4.69, 9.17) is 0 Å². The van der Waals surface area contributed by atoms with Crippen LogP contribution in [0.1, 0.15) is 77.2 Å². The molecule has 0 heteroatoms. The lowest BCUT2D eigenvalue weighted by molar-refractivity contribution is 0.122. The Balaban J connectivity index is 1.94. The Morgan fingerprint density at radius 3 is 2.15 bits per heavy atom. The van der Waals surface area contributed by atoms with E-state index in [-0.39, 0.29) is 0 Å². The summed E-state index contributed by atoms with van der Waals surface area (Å²) in [6.07, 6.45) is 13.0. The molecule has 2 atom stereocenters. The van der Waals surface area contributed by atoms with E-state index in [9.17, 15) is 0 Å². The largest absolute Gasteiger partial charge is 0.0622 e. The molecule has 2 aliphatic rings. The molecule has 2 bridgehead atoms. The summed E-state index contributed by atoms with van der Waals surface area (Å²) in [7, 11) is 0. The molecular weight excluding hydrogens is 240 g/mol. The molecule has 2 aliphatic carbocycles. The highest BCUT2D eigenvalue weighted by molar-refractivity contribution is 5.26. The standard InChI is InChI=1S/C20H30/c1-17(2)19-11-6-7-12-20(16-15-19,14-8-13-19)18-9-4-3-5-10-18/h3-5,9-10,17H,6-8,11-16H2,1-2H3/t19-,20?/m0/s1. The first-order valence-electron chi connectivity index (χ1n) is 8.73. The van der Waals surface area contributed by atoms with Gasteiger partial charge in [0.25, 0.3) is 0 Å². The summed E-state index contributed by atoms with van der Waals surface area (Å²) in [5.74, 6) is 0.854. The van der Waals surface area contributed by atoms with Gasteiger partial charge in [0.05, 0.1) is 0 Å². The van der Waals surface area contributed by atoms with Gasteiger partial charge in [0.15, 0.2) is 0 Å². The molecule has 1 aromatic rings. The van der Waals surface area contributed by atoms with Crippen molar-refractivity contribution in [2.45, 2.75) is 77.0 Å². The van der Waals surface area contributed by atoms with Crippen molar-refractivity contribution in [3.05, 3.63) is 35.9 Å². The summed E-state index contributed by atoms with van der Waals surface area (Å²) in [6, 6.07) is 11.4. The van der Waals surface area contributed by atoms with Crippen molar-refractivity contribution in [3.63, 3.8) is 0 Å². The minimum Gasteiger partial charge on any atom is -0.0622 e. The first-order valence-corrected chi connectivity index (χ1v) is 8.73. The second-order valence-corrected chi connectivity index (χ2v) is 7.72. The molecule has 0 N–H and O–H groups in total. The molecule has 0 aliphatic heterocycles. The second-order valence-electron chi connectivity index (χ2n) is 7.72. The van der Waals surface area contributed by atoms with Crippen LogP contribution in [-0.4, -0.2) is 0 Å². The summed E-state index contributed by atoms with van der Waals surface area (Å²) >= 11 is 0. The lowest BCUT2D eigenvalue weighted by Gasteiger charge is -2.41. The molecule has 2 fully saturated rings. The van der Waals surface area contributed by atoms with E-state index in [1.807, 2.05) is 0 Å². The van der Waals surface area contributed by atoms with Gasteiger partial charge in [-0.05, 0) is 60.8 Å². The van der Waals surface area contributed by atoms with E-state index in [1.165, 1.54) is 57.8 Å². The van der Waals surface area contributed by atoms with Crippen molar-refractivity contribution in [2.75, 3.05) is 0 Å². The van der Waals surface area contributed by atoms with Crippen LogP contribution in [0.15, 0.2) is 30.3 Å². The third-order valence-corrected chi connectivity index (χ3v) is 6.62. The fourth-order valence-electron chi connectivity index (χ4n) is 5.05. The first-order chi connectivity index (χ1) is 9.67. The van der Waals surface area contributed by atoms with Gasteiger partial charge in [-0.25, -0.2) is 0 Å². The van der Waals surface area contributed by atoms with Gasteiger partial charge in [-0.15, -0.1) is 0 Å². The molecule has 0 amide bonds. The third kappa shape index (κ3) is 2.43. The smallest absolute Gasteiger partial charge is 0.00468 e. The summed E-state index contributed by atoms with van der Waals surface area (Å²) < 4.78 is 0. The summed E-state index contributed by atoms with van der Waals surface area (Å²) in [4.78, 5) is 0. The summed E-state index contributed by atoms with van der Waals surface area (Å²) in [6.45, 7) is 4.94. The van der Waals surface area contributed by atoms with Gasteiger partial charge in [0.1, 0.15) is 0 Å². The van der Waals surface area contributed by atoms with E-state index >= 15 is 0 Å². The van der Waals surface area contributed by atoms with Crippen LogP contribution in [0.2, 0.25) is 0 Å². The molecule has 20 heavy (non-hydrogen) atoms. The highest BCUT2D eigenvalue weighted by Crippen LogP contribution is 2.54. The molecular formula is C20H30. The van der Waals surface area contributed by atoms with E-state index in [2.05, 4.69) is 44.2 Å². The van der Waals surface area contributed by atoms with Crippen molar-refractivity contribution in [2.24, 2.45) is 11.3 Å². The van der Waals surface area contributed by atoms with Crippen LogP contribution in [0, 0.1) is 11.3 Å². The second kappa shape index (κ2) is 5.54. The van der Waals surface area contributed by atoms with E-state index in [1.54, 1.807) is 5.56 Å². The predicted molar refractivity (Wildman–Crippen MR) is 86.9 cm³/mol. The summed E-state index contributed by atoms with van der Waals surface area (Å²) in [5.41, 5.74) is 2.77. The van der Waals surface area contributed by atoms with Crippen LogP contribution < -0.4 is 0 Å². The molecule has 1 aromatic carbocycles. The molecule has 0 nitrogen and oxygen atoms in total. The fourth-order valence-corrected chi connectivity index (χ4v) is 5.05. The minimum absolute atomic E-state index is 0.498. The van der Waals surface area contributed by atoms with Crippen molar-refractivity contribution < 1.29 is 0 Å². The maximum absolute atomic E-state index is 2.47. The Hall–Kier alpha value is -0.780. The Morgan fingerprint density at radius 1 is 0.750 bits per heavy atom. The van der Waals surface area contributed by atoms with Gasteiger partial charge in [-0.2, -0.15) is 0 Å². The van der Waals surface area contributed by atoms with Crippen LogP contribution in [0.4, 0.5) is 0 Å². The normalized spacial score (nSPS) is 34.5. The molecule has 0 saturated heterocycles. The zero-order chi connectivity index (χ0) is 14.1. The average molecular weight is 270 g/mol. The molecule has 0 radical (unpaired) electrons. The van der Waals surface area contributed by atoms with Gasteiger partial charge < -0.3 is 0 Å².